The first kappa shape index (κ1) is 10.9. The van der Waals surface area contributed by atoms with Crippen LogP contribution in [0.3, 0.4) is 0 Å². The van der Waals surface area contributed by atoms with Gasteiger partial charge in [-0.1, -0.05) is 5.11 Å². The summed E-state index contributed by atoms with van der Waals surface area (Å²) in [6.07, 6.45) is 4.06. The molecule has 8 nitrogen and oxygen atoms in total. The number of rotatable bonds is 3. The molecule has 0 unspecified atom stereocenters. The number of fused-ring (bicyclic) bond motifs is 1. The topological polar surface area (TPSA) is 105 Å². The van der Waals surface area contributed by atoms with E-state index >= 15 is 0 Å². The summed E-state index contributed by atoms with van der Waals surface area (Å²) in [6, 6.07) is 0.0152. The number of aromatic nitrogens is 3. The van der Waals surface area contributed by atoms with Crippen LogP contribution >= 0.6 is 0 Å². The van der Waals surface area contributed by atoms with E-state index in [-0.39, 0.29) is 6.04 Å². The van der Waals surface area contributed by atoms with Crippen LogP contribution in [0.25, 0.3) is 10.4 Å². The van der Waals surface area contributed by atoms with E-state index in [1.807, 2.05) is 0 Å². The molecule has 0 aliphatic carbocycles. The van der Waals surface area contributed by atoms with Gasteiger partial charge >= 0.3 is 10.0 Å². The Balaban J connectivity index is 2.33. The van der Waals surface area contributed by atoms with Gasteiger partial charge in [0.05, 0.1) is 23.9 Å². The molecule has 2 rings (SSSR count). The molecule has 0 N–H and O–H groups in total. The molecule has 0 spiro atoms. The first-order valence-corrected chi connectivity index (χ1v) is 6.58. The van der Waals surface area contributed by atoms with Crippen LogP contribution in [-0.2, 0) is 16.4 Å². The summed E-state index contributed by atoms with van der Waals surface area (Å²) >= 11 is 0. The van der Waals surface area contributed by atoms with Gasteiger partial charge in [-0.25, -0.2) is 4.57 Å². The normalized spacial score (nSPS) is 19.2. The molecule has 16 heavy (non-hydrogen) atoms. The van der Waals surface area contributed by atoms with Crippen LogP contribution in [-0.4, -0.2) is 30.4 Å². The molecule has 0 radical (unpaired) electrons. The highest BCUT2D eigenvalue weighted by atomic mass is 32.2. The Morgan fingerprint density at radius 2 is 2.56 bits per heavy atom. The molecule has 0 aromatic carbocycles. The maximum atomic E-state index is 11.3. The summed E-state index contributed by atoms with van der Waals surface area (Å²) in [7, 11) is -3.34. The molecule has 0 fully saturated rings. The molecule has 0 saturated carbocycles. The van der Waals surface area contributed by atoms with Gasteiger partial charge in [-0.15, -0.1) is 0 Å². The highest BCUT2D eigenvalue weighted by molar-refractivity contribution is 7.89. The molecule has 1 aromatic heterocycles. The Morgan fingerprint density at radius 3 is 3.19 bits per heavy atom. The Hall–Kier alpha value is -1.60. The zero-order chi connectivity index (χ0) is 11.8. The summed E-state index contributed by atoms with van der Waals surface area (Å²) in [5.41, 5.74) is 8.24. The number of nitrogens with zero attached hydrogens (tertiary/aromatic N) is 6. The molecule has 0 amide bonds. The number of hydrogen-bond donors (Lipinski definition) is 0. The monoisotopic (exact) mass is 243 g/mol. The van der Waals surface area contributed by atoms with E-state index in [1.165, 1.54) is 6.33 Å². The molecule has 1 aliphatic heterocycles. The SMILES string of the molecule is CS(=O)(=O)n1c[n+]2c(n1)CC[C@H]2CN=[N+]=[N-]. The quantitative estimate of drug-likeness (QED) is 0.317. The van der Waals surface area contributed by atoms with Gasteiger partial charge in [-0.05, 0) is 16.0 Å². The predicted octanol–water partition coefficient (Wildman–Crippen LogP) is -0.224. The van der Waals surface area contributed by atoms with Gasteiger partial charge in [0.1, 0.15) is 0 Å². The van der Waals surface area contributed by atoms with Gasteiger partial charge in [0.15, 0.2) is 0 Å². The second-order valence-corrected chi connectivity index (χ2v) is 5.52. The molecule has 0 saturated heterocycles. The third-order valence-corrected chi connectivity index (χ3v) is 3.38. The average molecular weight is 243 g/mol. The Morgan fingerprint density at radius 1 is 1.81 bits per heavy atom. The minimum absolute atomic E-state index is 0.0152. The van der Waals surface area contributed by atoms with Gasteiger partial charge in [-0.3, -0.25) is 0 Å². The van der Waals surface area contributed by atoms with Gasteiger partial charge in [-0.2, -0.15) is 8.42 Å². The summed E-state index contributed by atoms with van der Waals surface area (Å²) < 4.78 is 25.2. The second kappa shape index (κ2) is 3.76. The van der Waals surface area contributed by atoms with Gasteiger partial charge in [0, 0.05) is 11.3 Å². The van der Waals surface area contributed by atoms with E-state index in [0.717, 1.165) is 16.8 Å². The fourth-order valence-electron chi connectivity index (χ4n) is 1.75. The summed E-state index contributed by atoms with van der Waals surface area (Å²) in [6.45, 7) is 0.323. The largest absolute Gasteiger partial charge is 0.309 e. The number of azide groups is 1. The van der Waals surface area contributed by atoms with Crippen LogP contribution in [0.15, 0.2) is 11.4 Å². The maximum absolute atomic E-state index is 11.3. The van der Waals surface area contributed by atoms with Crippen molar-refractivity contribution in [2.24, 2.45) is 5.11 Å². The highest BCUT2D eigenvalue weighted by Gasteiger charge is 2.32. The first-order valence-electron chi connectivity index (χ1n) is 4.73. The van der Waals surface area contributed by atoms with Crippen LogP contribution in [0.1, 0.15) is 18.3 Å². The van der Waals surface area contributed by atoms with Crippen LogP contribution in [0, 0.1) is 0 Å². The lowest BCUT2D eigenvalue weighted by Crippen LogP contribution is -2.37. The fraction of sp³-hybridized carbons (Fsp3) is 0.714. The second-order valence-electron chi connectivity index (χ2n) is 3.68. The standard InChI is InChI=1S/C7H11N6O2S/c1-16(14,15)13-5-12-6(4-9-11-8)2-3-7(12)10-13/h5-6H,2-4H2,1H3/q+1/t6-/m0/s1. The van der Waals surface area contributed by atoms with Gasteiger partial charge < -0.3 is 0 Å². The van der Waals surface area contributed by atoms with Crippen molar-refractivity contribution in [2.75, 3.05) is 12.8 Å². The van der Waals surface area contributed by atoms with E-state index in [9.17, 15) is 8.42 Å². The van der Waals surface area contributed by atoms with Crippen molar-refractivity contribution in [2.45, 2.75) is 18.9 Å². The van der Waals surface area contributed by atoms with Crippen molar-refractivity contribution >= 4 is 10.0 Å². The summed E-state index contributed by atoms with van der Waals surface area (Å²) in [5, 5.41) is 7.47. The molecular formula is C7H11N6O2S+. The van der Waals surface area contributed by atoms with Crippen molar-refractivity contribution in [3.05, 3.63) is 22.6 Å². The van der Waals surface area contributed by atoms with Crippen molar-refractivity contribution in [3.8, 4) is 0 Å². The van der Waals surface area contributed by atoms with Crippen LogP contribution in [0.4, 0.5) is 0 Å². The van der Waals surface area contributed by atoms with Crippen molar-refractivity contribution in [1.29, 1.82) is 0 Å². The van der Waals surface area contributed by atoms with Crippen molar-refractivity contribution in [1.82, 2.24) is 9.19 Å². The zero-order valence-corrected chi connectivity index (χ0v) is 9.50. The maximum Gasteiger partial charge on any atom is 0.309 e. The summed E-state index contributed by atoms with van der Waals surface area (Å²) in [4.78, 5) is 2.69. The van der Waals surface area contributed by atoms with E-state index in [1.54, 1.807) is 4.57 Å². The minimum atomic E-state index is -3.34. The smallest absolute Gasteiger partial charge is 0.231 e. The number of aryl methyl sites for hydroxylation is 1. The van der Waals surface area contributed by atoms with Crippen LogP contribution < -0.4 is 4.57 Å². The Labute approximate surface area is 92.2 Å². The molecule has 86 valence electrons. The van der Waals surface area contributed by atoms with E-state index in [2.05, 4.69) is 15.1 Å². The van der Waals surface area contributed by atoms with Crippen LogP contribution in [0.2, 0.25) is 0 Å². The summed E-state index contributed by atoms with van der Waals surface area (Å²) in [5.74, 6) is 0.712. The molecule has 1 atom stereocenters. The lowest BCUT2D eigenvalue weighted by atomic mass is 10.2. The fourth-order valence-corrected chi connectivity index (χ4v) is 2.27. The van der Waals surface area contributed by atoms with Crippen molar-refractivity contribution < 1.29 is 13.0 Å². The van der Waals surface area contributed by atoms with Crippen molar-refractivity contribution in [3.63, 3.8) is 0 Å². The molecular weight excluding hydrogens is 232 g/mol. The zero-order valence-electron chi connectivity index (χ0n) is 8.68. The molecule has 9 heteroatoms. The highest BCUT2D eigenvalue weighted by Crippen LogP contribution is 2.16. The van der Waals surface area contributed by atoms with Gasteiger partial charge in [0.2, 0.25) is 6.33 Å². The minimum Gasteiger partial charge on any atom is -0.231 e. The molecule has 1 aliphatic rings. The average Bonchev–Trinajstić information content (AvgIpc) is 2.73. The number of hydrogen-bond acceptors (Lipinski definition) is 4. The lowest BCUT2D eigenvalue weighted by Gasteiger charge is -2.02. The molecule has 2 heterocycles. The first-order chi connectivity index (χ1) is 7.52. The third kappa shape index (κ3) is 1.86. The Bertz CT molecular complexity index is 555. The van der Waals surface area contributed by atoms with E-state index in [4.69, 9.17) is 5.53 Å². The molecule has 1 aromatic rings. The predicted molar refractivity (Wildman–Crippen MR) is 54.0 cm³/mol. The van der Waals surface area contributed by atoms with Crippen LogP contribution in [0.5, 0.6) is 0 Å². The molecule has 0 bridgehead atoms. The van der Waals surface area contributed by atoms with E-state index < -0.39 is 10.0 Å². The Kier molecular flexibility index (Phi) is 2.56. The van der Waals surface area contributed by atoms with E-state index in [0.29, 0.717) is 18.8 Å². The van der Waals surface area contributed by atoms with Gasteiger partial charge in [0.25, 0.3) is 5.82 Å². The third-order valence-electron chi connectivity index (χ3n) is 2.53. The lowest BCUT2D eigenvalue weighted by molar-refractivity contribution is -0.714.